The van der Waals surface area contributed by atoms with E-state index in [0.29, 0.717) is 0 Å². The van der Waals surface area contributed by atoms with Crippen molar-refractivity contribution in [3.05, 3.63) is 35.5 Å². The van der Waals surface area contributed by atoms with Gasteiger partial charge in [0.2, 0.25) is 0 Å². The molecular formula is C15H24. The molecule has 0 heteroatoms. The van der Waals surface area contributed by atoms with Gasteiger partial charge in [-0.05, 0) is 50.7 Å². The first kappa shape index (κ1) is 12.3. The maximum atomic E-state index is 3.88. The van der Waals surface area contributed by atoms with E-state index in [9.17, 15) is 0 Å². The summed E-state index contributed by atoms with van der Waals surface area (Å²) < 4.78 is 0. The largest absolute Gasteiger partial charge is 0.0985 e. The first-order valence-corrected chi connectivity index (χ1v) is 6.17. The van der Waals surface area contributed by atoms with E-state index in [4.69, 9.17) is 0 Å². The predicted molar refractivity (Wildman–Crippen MR) is 68.9 cm³/mol. The lowest BCUT2D eigenvalue weighted by molar-refractivity contribution is 0.401. The van der Waals surface area contributed by atoms with Crippen molar-refractivity contribution in [3.63, 3.8) is 0 Å². The lowest BCUT2D eigenvalue weighted by Crippen LogP contribution is -2.09. The van der Waals surface area contributed by atoms with Crippen LogP contribution in [0.25, 0.3) is 0 Å². The molecule has 0 N–H and O–H groups in total. The zero-order valence-electron chi connectivity index (χ0n) is 10.5. The predicted octanol–water partition coefficient (Wildman–Crippen LogP) is 5.04. The van der Waals surface area contributed by atoms with Crippen LogP contribution in [0.3, 0.4) is 0 Å². The molecule has 0 nitrogen and oxygen atoms in total. The fourth-order valence-corrected chi connectivity index (χ4v) is 2.56. The Kier molecular flexibility index (Phi) is 4.87. The third-order valence-electron chi connectivity index (χ3n) is 3.77. The van der Waals surface area contributed by atoms with Gasteiger partial charge >= 0.3 is 0 Å². The molecule has 84 valence electrons. The molecule has 0 atom stereocenters. The van der Waals surface area contributed by atoms with Gasteiger partial charge in [0, 0.05) is 0 Å². The van der Waals surface area contributed by atoms with Crippen molar-refractivity contribution in [2.75, 3.05) is 0 Å². The molecule has 1 saturated carbocycles. The number of allylic oxidation sites excluding steroid dienone is 5. The van der Waals surface area contributed by atoms with E-state index in [1.807, 2.05) is 6.08 Å². The molecule has 0 spiro atoms. The molecule has 0 heterocycles. The van der Waals surface area contributed by atoms with Crippen molar-refractivity contribution >= 4 is 0 Å². The van der Waals surface area contributed by atoms with Crippen molar-refractivity contribution in [3.8, 4) is 0 Å². The van der Waals surface area contributed by atoms with E-state index in [2.05, 4.69) is 33.4 Å². The maximum absolute atomic E-state index is 3.88. The molecule has 0 aromatic carbocycles. The summed E-state index contributed by atoms with van der Waals surface area (Å²) in [5.74, 6) is 0.827. The lowest BCUT2D eigenvalue weighted by atomic mass is 9.81. The monoisotopic (exact) mass is 204 g/mol. The lowest BCUT2D eigenvalue weighted by Gasteiger charge is -2.24. The van der Waals surface area contributed by atoms with Crippen LogP contribution in [0.4, 0.5) is 0 Å². The molecule has 0 unspecified atom stereocenters. The fraction of sp³-hybridized carbons (Fsp3) is 0.600. The number of hydrogen-bond acceptors (Lipinski definition) is 0. The average Bonchev–Trinajstić information content (AvgIpc) is 2.30. The van der Waals surface area contributed by atoms with Gasteiger partial charge in [0.05, 0.1) is 0 Å². The first-order valence-electron chi connectivity index (χ1n) is 6.17. The Morgan fingerprint density at radius 1 is 1.13 bits per heavy atom. The summed E-state index contributed by atoms with van der Waals surface area (Å²) in [6, 6.07) is 0. The molecule has 1 fully saturated rings. The summed E-state index contributed by atoms with van der Waals surface area (Å²) in [7, 11) is 0. The molecule has 0 bridgehead atoms. The molecule has 0 radical (unpaired) electrons. The van der Waals surface area contributed by atoms with Crippen molar-refractivity contribution in [2.24, 2.45) is 5.92 Å². The Bertz CT molecular complexity index is 272. The van der Waals surface area contributed by atoms with Gasteiger partial charge < -0.3 is 0 Å². The SMILES string of the molecule is C=CC(=C\C)/C(C)=C(/C)C1CCCCC1. The van der Waals surface area contributed by atoms with Crippen molar-refractivity contribution in [1.29, 1.82) is 0 Å². The van der Waals surface area contributed by atoms with Gasteiger partial charge in [-0.1, -0.05) is 43.6 Å². The molecule has 15 heavy (non-hydrogen) atoms. The van der Waals surface area contributed by atoms with Gasteiger partial charge in [-0.15, -0.1) is 0 Å². The van der Waals surface area contributed by atoms with Gasteiger partial charge in [0.15, 0.2) is 0 Å². The molecule has 1 aliphatic carbocycles. The zero-order valence-corrected chi connectivity index (χ0v) is 10.5. The average molecular weight is 204 g/mol. The van der Waals surface area contributed by atoms with E-state index in [-0.39, 0.29) is 0 Å². The van der Waals surface area contributed by atoms with Crippen LogP contribution in [0.2, 0.25) is 0 Å². The normalized spacial score (nSPS) is 21.1. The van der Waals surface area contributed by atoms with E-state index >= 15 is 0 Å². The Labute approximate surface area is 94.8 Å². The van der Waals surface area contributed by atoms with Gasteiger partial charge in [-0.25, -0.2) is 0 Å². The molecular weight excluding hydrogens is 180 g/mol. The molecule has 0 aliphatic heterocycles. The summed E-state index contributed by atoms with van der Waals surface area (Å²) >= 11 is 0. The Hall–Kier alpha value is -0.780. The van der Waals surface area contributed by atoms with E-state index < -0.39 is 0 Å². The van der Waals surface area contributed by atoms with Crippen molar-refractivity contribution in [2.45, 2.75) is 52.9 Å². The van der Waals surface area contributed by atoms with E-state index in [0.717, 1.165) is 5.92 Å². The highest BCUT2D eigenvalue weighted by molar-refractivity contribution is 5.40. The highest BCUT2D eigenvalue weighted by Crippen LogP contribution is 2.32. The minimum atomic E-state index is 0.827. The summed E-state index contributed by atoms with van der Waals surface area (Å²) in [6.45, 7) is 10.5. The van der Waals surface area contributed by atoms with Crippen LogP contribution >= 0.6 is 0 Å². The third-order valence-corrected chi connectivity index (χ3v) is 3.77. The molecule has 0 amide bonds. The zero-order chi connectivity index (χ0) is 11.3. The van der Waals surface area contributed by atoms with E-state index in [1.54, 1.807) is 5.57 Å². The maximum Gasteiger partial charge on any atom is -0.0200 e. The molecule has 0 saturated heterocycles. The Balaban J connectivity index is 2.82. The van der Waals surface area contributed by atoms with Crippen LogP contribution in [0, 0.1) is 5.92 Å². The second-order valence-corrected chi connectivity index (χ2v) is 4.59. The van der Waals surface area contributed by atoms with Gasteiger partial charge in [0.25, 0.3) is 0 Å². The second kappa shape index (κ2) is 5.95. The van der Waals surface area contributed by atoms with Crippen LogP contribution in [-0.4, -0.2) is 0 Å². The minimum Gasteiger partial charge on any atom is -0.0985 e. The molecule has 1 aliphatic rings. The fourth-order valence-electron chi connectivity index (χ4n) is 2.56. The first-order chi connectivity index (χ1) is 7.20. The quantitative estimate of drug-likeness (QED) is 0.565. The number of rotatable bonds is 3. The Morgan fingerprint density at radius 2 is 1.73 bits per heavy atom. The standard InChI is InChI=1S/C15H24/c1-5-14(6-2)12(3)13(4)15-10-8-7-9-11-15/h5-6,15H,1,7-11H2,2-4H3/b13-12-,14-6+. The molecule has 0 aromatic heterocycles. The summed E-state index contributed by atoms with van der Waals surface area (Å²) in [5.41, 5.74) is 4.33. The minimum absolute atomic E-state index is 0.827. The van der Waals surface area contributed by atoms with Gasteiger partial charge in [-0.2, -0.15) is 0 Å². The van der Waals surface area contributed by atoms with Crippen molar-refractivity contribution in [1.82, 2.24) is 0 Å². The highest BCUT2D eigenvalue weighted by Gasteiger charge is 2.16. The summed E-state index contributed by atoms with van der Waals surface area (Å²) in [6.07, 6.45) is 11.2. The van der Waals surface area contributed by atoms with Gasteiger partial charge in [-0.3, -0.25) is 0 Å². The molecule has 0 aromatic rings. The van der Waals surface area contributed by atoms with Crippen LogP contribution in [0.1, 0.15) is 52.9 Å². The Morgan fingerprint density at radius 3 is 2.20 bits per heavy atom. The smallest absolute Gasteiger partial charge is 0.0200 e. The van der Waals surface area contributed by atoms with E-state index in [1.165, 1.54) is 43.3 Å². The summed E-state index contributed by atoms with van der Waals surface area (Å²) in [5, 5.41) is 0. The second-order valence-electron chi connectivity index (χ2n) is 4.59. The van der Waals surface area contributed by atoms with Crippen LogP contribution in [0.15, 0.2) is 35.5 Å². The topological polar surface area (TPSA) is 0 Å². The molecule has 1 rings (SSSR count). The summed E-state index contributed by atoms with van der Waals surface area (Å²) in [4.78, 5) is 0. The van der Waals surface area contributed by atoms with Crippen LogP contribution < -0.4 is 0 Å². The highest BCUT2D eigenvalue weighted by atomic mass is 14.2. The number of hydrogen-bond donors (Lipinski definition) is 0. The third kappa shape index (κ3) is 3.09. The van der Waals surface area contributed by atoms with Crippen LogP contribution in [0.5, 0.6) is 0 Å². The van der Waals surface area contributed by atoms with Crippen molar-refractivity contribution < 1.29 is 0 Å². The van der Waals surface area contributed by atoms with Crippen LogP contribution in [-0.2, 0) is 0 Å². The van der Waals surface area contributed by atoms with Gasteiger partial charge in [0.1, 0.15) is 0 Å².